The Bertz CT molecular complexity index is 230. The van der Waals surface area contributed by atoms with Crippen molar-refractivity contribution in [3.05, 3.63) is 0 Å². The van der Waals surface area contributed by atoms with E-state index in [-0.39, 0.29) is 6.54 Å². The van der Waals surface area contributed by atoms with Crippen molar-refractivity contribution < 1.29 is 22.7 Å². The maximum Gasteiger partial charge on any atom is 0.401 e. The van der Waals surface area contributed by atoms with Gasteiger partial charge in [-0.2, -0.15) is 13.2 Å². The molecule has 0 aromatic rings. The Balaban J connectivity index is 2.46. The van der Waals surface area contributed by atoms with Gasteiger partial charge in [0.05, 0.1) is 19.6 Å². The number of hydrogen-bond acceptors (Lipinski definition) is 3. The molecule has 1 aliphatic rings. The summed E-state index contributed by atoms with van der Waals surface area (Å²) in [6, 6.07) is 0. The molecule has 0 aromatic carbocycles. The monoisotopic (exact) mass is 225 g/mol. The van der Waals surface area contributed by atoms with Crippen molar-refractivity contribution in [2.75, 3.05) is 26.7 Å². The van der Waals surface area contributed by atoms with Gasteiger partial charge in [-0.05, 0) is 19.4 Å². The normalized spacial score (nSPS) is 23.9. The van der Waals surface area contributed by atoms with Crippen LogP contribution in [-0.4, -0.2) is 43.8 Å². The minimum absolute atomic E-state index is 0.145. The number of halogens is 3. The van der Waals surface area contributed by atoms with E-state index in [1.807, 2.05) is 0 Å². The molecule has 88 valence electrons. The van der Waals surface area contributed by atoms with Gasteiger partial charge in [0.15, 0.2) is 0 Å². The minimum atomic E-state index is -4.20. The predicted octanol–water partition coefficient (Wildman–Crippen LogP) is 1.43. The number of methoxy groups -OCH3 is 1. The van der Waals surface area contributed by atoms with Crippen LogP contribution >= 0.6 is 0 Å². The van der Waals surface area contributed by atoms with Gasteiger partial charge in [0.25, 0.3) is 0 Å². The molecular weight excluding hydrogens is 211 g/mol. The largest absolute Gasteiger partial charge is 0.469 e. The van der Waals surface area contributed by atoms with Crippen LogP contribution in [0.4, 0.5) is 13.2 Å². The highest BCUT2D eigenvalue weighted by Crippen LogP contribution is 2.22. The van der Waals surface area contributed by atoms with E-state index >= 15 is 0 Å². The first-order valence-electron chi connectivity index (χ1n) is 4.79. The van der Waals surface area contributed by atoms with E-state index in [9.17, 15) is 18.0 Å². The molecule has 0 aromatic heterocycles. The highest BCUT2D eigenvalue weighted by molar-refractivity contribution is 5.72. The second-order valence-corrected chi connectivity index (χ2v) is 3.71. The van der Waals surface area contributed by atoms with Crippen LogP contribution < -0.4 is 0 Å². The maximum absolute atomic E-state index is 12.1. The van der Waals surface area contributed by atoms with Crippen LogP contribution in [0.5, 0.6) is 0 Å². The van der Waals surface area contributed by atoms with Crippen molar-refractivity contribution in [3.8, 4) is 0 Å². The lowest BCUT2D eigenvalue weighted by Gasteiger charge is -2.31. The molecule has 0 radical (unpaired) electrons. The van der Waals surface area contributed by atoms with Gasteiger partial charge in [0.1, 0.15) is 0 Å². The fraction of sp³-hybridized carbons (Fsp3) is 0.889. The van der Waals surface area contributed by atoms with Gasteiger partial charge < -0.3 is 4.74 Å². The SMILES string of the molecule is COC(=O)C1CCCN(CC(F)(F)F)C1. The molecular formula is C9H14F3NO2. The summed E-state index contributed by atoms with van der Waals surface area (Å²) >= 11 is 0. The Morgan fingerprint density at radius 3 is 2.73 bits per heavy atom. The van der Waals surface area contributed by atoms with Gasteiger partial charge in [-0.1, -0.05) is 0 Å². The van der Waals surface area contributed by atoms with Gasteiger partial charge >= 0.3 is 12.1 Å². The molecule has 1 heterocycles. The molecule has 15 heavy (non-hydrogen) atoms. The van der Waals surface area contributed by atoms with Gasteiger partial charge in [-0.15, -0.1) is 0 Å². The van der Waals surface area contributed by atoms with Gasteiger partial charge in [0, 0.05) is 6.54 Å². The second-order valence-electron chi connectivity index (χ2n) is 3.71. The summed E-state index contributed by atoms with van der Waals surface area (Å²) < 4.78 is 40.8. The maximum atomic E-state index is 12.1. The molecule has 0 saturated carbocycles. The Morgan fingerprint density at radius 1 is 1.53 bits per heavy atom. The molecule has 0 spiro atoms. The zero-order chi connectivity index (χ0) is 11.5. The van der Waals surface area contributed by atoms with Gasteiger partial charge in [-0.25, -0.2) is 0 Å². The van der Waals surface area contributed by atoms with Crippen molar-refractivity contribution in [1.29, 1.82) is 0 Å². The highest BCUT2D eigenvalue weighted by Gasteiger charge is 2.34. The van der Waals surface area contributed by atoms with E-state index in [1.54, 1.807) is 0 Å². The molecule has 1 aliphatic heterocycles. The number of likely N-dealkylation sites (tertiary alicyclic amines) is 1. The number of nitrogens with zero attached hydrogens (tertiary/aromatic N) is 1. The lowest BCUT2D eigenvalue weighted by atomic mass is 9.98. The van der Waals surface area contributed by atoms with Crippen molar-refractivity contribution >= 4 is 5.97 Å². The van der Waals surface area contributed by atoms with Crippen molar-refractivity contribution in [1.82, 2.24) is 4.90 Å². The Kier molecular flexibility index (Phi) is 3.96. The average molecular weight is 225 g/mol. The third kappa shape index (κ3) is 4.07. The molecule has 0 bridgehead atoms. The van der Waals surface area contributed by atoms with Crippen LogP contribution in [-0.2, 0) is 9.53 Å². The van der Waals surface area contributed by atoms with Gasteiger partial charge in [-0.3, -0.25) is 9.69 Å². The summed E-state index contributed by atoms with van der Waals surface area (Å²) in [5.41, 5.74) is 0. The fourth-order valence-corrected chi connectivity index (χ4v) is 1.81. The molecule has 1 saturated heterocycles. The molecule has 0 aliphatic carbocycles. The van der Waals surface area contributed by atoms with E-state index < -0.39 is 24.6 Å². The number of carbonyl (C=O) groups is 1. The topological polar surface area (TPSA) is 29.5 Å². The van der Waals surface area contributed by atoms with E-state index in [0.717, 1.165) is 0 Å². The van der Waals surface area contributed by atoms with Crippen LogP contribution in [0.2, 0.25) is 0 Å². The van der Waals surface area contributed by atoms with Crippen LogP contribution in [0, 0.1) is 5.92 Å². The molecule has 1 atom stereocenters. The van der Waals surface area contributed by atoms with Crippen molar-refractivity contribution in [2.24, 2.45) is 5.92 Å². The summed E-state index contributed by atoms with van der Waals surface area (Å²) in [5.74, 6) is -0.826. The summed E-state index contributed by atoms with van der Waals surface area (Å²) in [4.78, 5) is 12.4. The third-order valence-electron chi connectivity index (χ3n) is 2.44. The fourth-order valence-electron chi connectivity index (χ4n) is 1.81. The number of alkyl halides is 3. The van der Waals surface area contributed by atoms with E-state index in [2.05, 4.69) is 4.74 Å². The summed E-state index contributed by atoms with van der Waals surface area (Å²) in [5, 5.41) is 0. The third-order valence-corrected chi connectivity index (χ3v) is 2.44. The first-order chi connectivity index (χ1) is 6.92. The molecule has 1 fully saturated rings. The van der Waals surface area contributed by atoms with Crippen LogP contribution in [0.1, 0.15) is 12.8 Å². The summed E-state index contributed by atoms with van der Waals surface area (Å²) in [7, 11) is 1.25. The zero-order valence-corrected chi connectivity index (χ0v) is 8.51. The molecule has 3 nitrogen and oxygen atoms in total. The van der Waals surface area contributed by atoms with Gasteiger partial charge in [0.2, 0.25) is 0 Å². The smallest absolute Gasteiger partial charge is 0.401 e. The summed E-state index contributed by atoms with van der Waals surface area (Å²) in [6.07, 6.45) is -2.98. The Morgan fingerprint density at radius 2 is 2.20 bits per heavy atom. The molecule has 6 heteroatoms. The molecule has 1 unspecified atom stereocenters. The lowest BCUT2D eigenvalue weighted by Crippen LogP contribution is -2.43. The quantitative estimate of drug-likeness (QED) is 0.666. The molecule has 1 rings (SSSR count). The zero-order valence-electron chi connectivity index (χ0n) is 8.51. The molecule has 0 amide bonds. The Hall–Kier alpha value is -0.780. The van der Waals surface area contributed by atoms with Crippen LogP contribution in [0.3, 0.4) is 0 Å². The number of esters is 1. The number of hydrogen-bond donors (Lipinski definition) is 0. The molecule has 0 N–H and O–H groups in total. The lowest BCUT2D eigenvalue weighted by molar-refractivity contribution is -0.158. The average Bonchev–Trinajstić information content (AvgIpc) is 2.14. The number of rotatable bonds is 2. The number of ether oxygens (including phenoxy) is 1. The van der Waals surface area contributed by atoms with E-state index in [1.165, 1.54) is 12.0 Å². The second kappa shape index (κ2) is 4.83. The van der Waals surface area contributed by atoms with Crippen LogP contribution in [0.15, 0.2) is 0 Å². The highest BCUT2D eigenvalue weighted by atomic mass is 19.4. The Labute approximate surface area is 86.2 Å². The summed E-state index contributed by atoms with van der Waals surface area (Å²) in [6.45, 7) is -0.403. The number of carbonyl (C=O) groups excluding carboxylic acids is 1. The minimum Gasteiger partial charge on any atom is -0.469 e. The van der Waals surface area contributed by atoms with E-state index in [4.69, 9.17) is 0 Å². The van der Waals surface area contributed by atoms with Crippen molar-refractivity contribution in [3.63, 3.8) is 0 Å². The number of piperidine rings is 1. The first kappa shape index (κ1) is 12.3. The first-order valence-corrected chi connectivity index (χ1v) is 4.79. The standard InChI is InChI=1S/C9H14F3NO2/c1-15-8(14)7-3-2-4-13(5-7)6-9(10,11)12/h7H,2-6H2,1H3. The van der Waals surface area contributed by atoms with Crippen molar-refractivity contribution in [2.45, 2.75) is 19.0 Å². The predicted molar refractivity (Wildman–Crippen MR) is 47.2 cm³/mol. The van der Waals surface area contributed by atoms with E-state index in [0.29, 0.717) is 19.4 Å². The van der Waals surface area contributed by atoms with Crippen LogP contribution in [0.25, 0.3) is 0 Å².